The van der Waals surface area contributed by atoms with Crippen molar-refractivity contribution >= 4 is 40.2 Å². The van der Waals surface area contributed by atoms with Crippen LogP contribution >= 0.6 is 11.6 Å². The molecule has 1 aliphatic carbocycles. The fraction of sp³-hybridized carbons (Fsp3) is 0.478. The molecule has 1 saturated heterocycles. The number of benzene rings is 1. The number of amides is 1. The van der Waals surface area contributed by atoms with Gasteiger partial charge in [-0.25, -0.2) is 15.0 Å². The maximum Gasteiger partial charge on any atom is 0.242 e. The van der Waals surface area contributed by atoms with Crippen molar-refractivity contribution in [1.29, 1.82) is 0 Å². The van der Waals surface area contributed by atoms with Crippen molar-refractivity contribution in [3.8, 4) is 0 Å². The minimum absolute atomic E-state index is 0.0608. The predicted octanol–water partition coefficient (Wildman–Crippen LogP) is 1.36. The van der Waals surface area contributed by atoms with Crippen LogP contribution in [0.25, 0.3) is 11.2 Å². The number of anilines is 2. The molecule has 2 fully saturated rings. The van der Waals surface area contributed by atoms with E-state index in [2.05, 4.69) is 30.1 Å². The number of nitrogens with one attached hydrogen (secondary N) is 1. The number of fused-ring (bicyclic) bond motifs is 1. The van der Waals surface area contributed by atoms with E-state index in [4.69, 9.17) is 23.1 Å². The third kappa shape index (κ3) is 4.28. The summed E-state index contributed by atoms with van der Waals surface area (Å²) < 4.78 is 1.95. The first kappa shape index (κ1) is 22.8. The quantitative estimate of drug-likeness (QED) is 0.459. The number of imidazole rings is 1. The Bertz CT molecular complexity index is 1240. The highest BCUT2D eigenvalue weighted by Crippen LogP contribution is 2.35. The van der Waals surface area contributed by atoms with Gasteiger partial charge in [-0.1, -0.05) is 11.6 Å². The van der Waals surface area contributed by atoms with Crippen LogP contribution in [0.2, 0.25) is 5.02 Å². The molecule has 1 aliphatic heterocycles. The molecule has 0 spiro atoms. The topological polar surface area (TPSA) is 131 Å². The lowest BCUT2D eigenvalue weighted by atomic mass is 9.99. The number of rotatable bonds is 7. The summed E-state index contributed by atoms with van der Waals surface area (Å²) in [6.45, 7) is 2.29. The number of hydrogen-bond donors (Lipinski definition) is 3. The van der Waals surface area contributed by atoms with Crippen LogP contribution in [0.3, 0.4) is 0 Å². The van der Waals surface area contributed by atoms with Crippen LogP contribution < -0.4 is 21.7 Å². The summed E-state index contributed by atoms with van der Waals surface area (Å²) >= 11 is 6.70. The van der Waals surface area contributed by atoms with Gasteiger partial charge in [0.05, 0.1) is 12.9 Å². The van der Waals surface area contributed by atoms with E-state index in [1.54, 1.807) is 6.33 Å². The Balaban J connectivity index is 1.52. The molecule has 1 amide bonds. The van der Waals surface area contributed by atoms with E-state index in [-0.39, 0.29) is 11.9 Å². The lowest BCUT2D eigenvalue weighted by molar-refractivity contribution is -0.125. The first-order valence-corrected chi connectivity index (χ1v) is 11.8. The number of nitrogen functional groups attached to an aromatic ring is 1. The van der Waals surface area contributed by atoms with E-state index in [1.165, 1.54) is 6.33 Å². The van der Waals surface area contributed by atoms with Crippen molar-refractivity contribution in [2.75, 3.05) is 37.8 Å². The van der Waals surface area contributed by atoms with Gasteiger partial charge in [-0.3, -0.25) is 4.79 Å². The molecule has 0 bridgehead atoms. The van der Waals surface area contributed by atoms with Crippen molar-refractivity contribution in [3.63, 3.8) is 0 Å². The van der Waals surface area contributed by atoms with Crippen LogP contribution in [0.1, 0.15) is 30.4 Å². The molecule has 10 nitrogen and oxygen atoms in total. The van der Waals surface area contributed by atoms with E-state index in [9.17, 15) is 4.79 Å². The molecular weight excluding hydrogens is 454 g/mol. The fourth-order valence-corrected chi connectivity index (χ4v) is 4.81. The number of nitrogens with zero attached hydrogens (tertiary/aromatic N) is 6. The van der Waals surface area contributed by atoms with Crippen molar-refractivity contribution in [2.45, 2.75) is 43.9 Å². The van der Waals surface area contributed by atoms with Gasteiger partial charge >= 0.3 is 0 Å². The second-order valence-corrected chi connectivity index (χ2v) is 10.0. The van der Waals surface area contributed by atoms with Gasteiger partial charge in [0.1, 0.15) is 17.4 Å². The highest BCUT2D eigenvalue weighted by molar-refractivity contribution is 6.31. The van der Waals surface area contributed by atoms with Crippen LogP contribution in [-0.2, 0) is 17.9 Å². The first-order valence-electron chi connectivity index (χ1n) is 11.5. The molecule has 1 atom stereocenters. The van der Waals surface area contributed by atoms with E-state index < -0.39 is 5.54 Å². The molecule has 180 valence electrons. The number of nitrogens with two attached hydrogens (primary N) is 2. The molecule has 1 saturated carbocycles. The lowest BCUT2D eigenvalue weighted by Crippen LogP contribution is -2.56. The first-order chi connectivity index (χ1) is 16.2. The van der Waals surface area contributed by atoms with E-state index >= 15 is 0 Å². The summed E-state index contributed by atoms with van der Waals surface area (Å²) in [6, 6.07) is 4.22. The Morgan fingerprint density at radius 3 is 2.79 bits per heavy atom. The van der Waals surface area contributed by atoms with Gasteiger partial charge in [0.25, 0.3) is 0 Å². The molecule has 34 heavy (non-hydrogen) atoms. The lowest BCUT2D eigenvalue weighted by Gasteiger charge is -2.28. The molecule has 2 aromatic heterocycles. The van der Waals surface area contributed by atoms with Crippen LogP contribution in [0.5, 0.6) is 0 Å². The van der Waals surface area contributed by atoms with Gasteiger partial charge in [0, 0.05) is 41.9 Å². The van der Waals surface area contributed by atoms with E-state index in [0.29, 0.717) is 54.6 Å². The summed E-state index contributed by atoms with van der Waals surface area (Å²) in [5.74, 6) is 0.284. The number of carbonyl (C=O) groups excluding carboxylic acids is 1. The average molecular weight is 484 g/mol. The maximum atomic E-state index is 12.9. The van der Waals surface area contributed by atoms with Crippen LogP contribution in [-0.4, -0.2) is 69.1 Å². The third-order valence-corrected chi connectivity index (χ3v) is 6.94. The predicted molar refractivity (Wildman–Crippen MR) is 133 cm³/mol. The van der Waals surface area contributed by atoms with Gasteiger partial charge < -0.3 is 31.2 Å². The zero-order chi connectivity index (χ0) is 24.0. The summed E-state index contributed by atoms with van der Waals surface area (Å²) in [5.41, 5.74) is 16.0. The summed E-state index contributed by atoms with van der Waals surface area (Å²) in [4.78, 5) is 30.0. The Morgan fingerprint density at radius 1 is 1.26 bits per heavy atom. The van der Waals surface area contributed by atoms with Crippen LogP contribution in [0, 0.1) is 0 Å². The van der Waals surface area contributed by atoms with Gasteiger partial charge in [-0.2, -0.15) is 0 Å². The Morgan fingerprint density at radius 2 is 2.06 bits per heavy atom. The van der Waals surface area contributed by atoms with Crippen molar-refractivity contribution in [2.24, 2.45) is 5.73 Å². The number of carbonyl (C=O) groups is 1. The summed E-state index contributed by atoms with van der Waals surface area (Å²) in [5, 5.41) is 3.76. The molecule has 2 aliphatic rings. The molecule has 0 unspecified atom stereocenters. The normalized spacial score (nSPS) is 20.4. The van der Waals surface area contributed by atoms with Crippen molar-refractivity contribution < 1.29 is 4.79 Å². The van der Waals surface area contributed by atoms with E-state index in [1.807, 2.05) is 30.8 Å². The standard InChI is InChI=1S/C23H30ClN9O/c1-31(2)9-15-16(10-33-13-29-19-20(25)27-12-28-21(19)33)18(6-5-17(15)24)32-8-7-23(26,11-32)22(34)30-14-3-4-14/h5-6,12-14H,3-4,7-11,26H2,1-2H3,(H,30,34)(H2,25,27,28)/t23-/m1/s1. The van der Waals surface area contributed by atoms with E-state index in [0.717, 1.165) is 29.7 Å². The third-order valence-electron chi connectivity index (χ3n) is 6.59. The molecule has 3 aromatic rings. The average Bonchev–Trinajstić information content (AvgIpc) is 3.36. The summed E-state index contributed by atoms with van der Waals surface area (Å²) in [7, 11) is 4.02. The van der Waals surface area contributed by atoms with Crippen molar-refractivity contribution in [3.05, 3.63) is 40.9 Å². The van der Waals surface area contributed by atoms with Gasteiger partial charge in [0.2, 0.25) is 5.91 Å². The second kappa shape index (κ2) is 8.68. The Hall–Kier alpha value is -2.95. The minimum atomic E-state index is -0.912. The summed E-state index contributed by atoms with van der Waals surface area (Å²) in [6.07, 6.45) is 5.83. The molecular formula is C23H30ClN9O. The highest BCUT2D eigenvalue weighted by Gasteiger charge is 2.43. The maximum absolute atomic E-state index is 12.9. The second-order valence-electron chi connectivity index (χ2n) is 9.64. The SMILES string of the molecule is CN(C)Cc1c(Cl)ccc(N2CC[C@](N)(C(=O)NC3CC3)C2)c1Cn1cnc2c(N)ncnc21. The fourth-order valence-electron chi connectivity index (χ4n) is 4.58. The smallest absolute Gasteiger partial charge is 0.242 e. The van der Waals surface area contributed by atoms with Crippen molar-refractivity contribution in [1.82, 2.24) is 29.7 Å². The number of hydrogen-bond acceptors (Lipinski definition) is 8. The monoisotopic (exact) mass is 483 g/mol. The zero-order valence-corrected chi connectivity index (χ0v) is 20.2. The van der Waals surface area contributed by atoms with Gasteiger partial charge in [0.15, 0.2) is 11.5 Å². The zero-order valence-electron chi connectivity index (χ0n) is 19.5. The highest BCUT2D eigenvalue weighted by atomic mass is 35.5. The molecule has 11 heteroatoms. The van der Waals surface area contributed by atoms with Gasteiger partial charge in [-0.05, 0) is 51.1 Å². The number of halogens is 1. The Labute approximate surface area is 203 Å². The Kier molecular flexibility index (Phi) is 5.83. The van der Waals surface area contributed by atoms with Crippen LogP contribution in [0.4, 0.5) is 11.5 Å². The number of aromatic nitrogens is 4. The molecule has 5 rings (SSSR count). The largest absolute Gasteiger partial charge is 0.382 e. The van der Waals surface area contributed by atoms with Crippen LogP contribution in [0.15, 0.2) is 24.8 Å². The molecule has 0 radical (unpaired) electrons. The molecule has 3 heterocycles. The molecule has 1 aromatic carbocycles. The van der Waals surface area contributed by atoms with Gasteiger partial charge in [-0.15, -0.1) is 0 Å². The minimum Gasteiger partial charge on any atom is -0.382 e. The molecule has 5 N–H and O–H groups in total.